The van der Waals surface area contributed by atoms with E-state index >= 15 is 0 Å². The Hall–Kier alpha value is -4.29. The van der Waals surface area contributed by atoms with E-state index < -0.39 is 17.4 Å². The summed E-state index contributed by atoms with van der Waals surface area (Å²) < 4.78 is 6.69. The molecule has 4 N–H and O–H groups in total. The van der Waals surface area contributed by atoms with Crippen molar-refractivity contribution >= 4 is 34.8 Å². The fourth-order valence-corrected chi connectivity index (χ4v) is 4.74. The Morgan fingerprint density at radius 3 is 2.31 bits per heavy atom. The average molecular weight is 447 g/mol. The summed E-state index contributed by atoms with van der Waals surface area (Å²) in [5.74, 6) is -1.52. The third-order valence-electron chi connectivity index (χ3n) is 5.09. The van der Waals surface area contributed by atoms with Crippen LogP contribution in [-0.4, -0.2) is 27.9 Å². The third kappa shape index (κ3) is 3.42. The molecule has 0 amide bonds. The van der Waals surface area contributed by atoms with Crippen LogP contribution in [0.25, 0.3) is 17.5 Å². The number of nitrogens with two attached hydrogens (primary N) is 1. The van der Waals surface area contributed by atoms with Crippen LogP contribution in [0.4, 0.5) is 0 Å². The van der Waals surface area contributed by atoms with Crippen molar-refractivity contribution in [1.29, 1.82) is 5.26 Å². The van der Waals surface area contributed by atoms with Crippen LogP contribution in [-0.2, 0) is 9.53 Å². The Kier molecular flexibility index (Phi) is 5.30. The van der Waals surface area contributed by atoms with Gasteiger partial charge in [-0.25, -0.2) is 4.79 Å². The van der Waals surface area contributed by atoms with Crippen molar-refractivity contribution in [2.45, 2.75) is 5.92 Å². The number of hydrogen-bond acceptors (Lipinski definition) is 8. The quantitative estimate of drug-likeness (QED) is 0.508. The maximum atomic E-state index is 13.2. The van der Waals surface area contributed by atoms with Crippen molar-refractivity contribution in [3.8, 4) is 17.6 Å². The first-order chi connectivity index (χ1) is 15.3. The van der Waals surface area contributed by atoms with E-state index in [1.807, 2.05) is 6.07 Å². The van der Waals surface area contributed by atoms with Crippen molar-refractivity contribution in [2.75, 3.05) is 7.11 Å². The molecule has 1 aliphatic rings. The zero-order chi connectivity index (χ0) is 23.0. The summed E-state index contributed by atoms with van der Waals surface area (Å²) in [4.78, 5) is 26.0. The molecule has 0 spiro atoms. The van der Waals surface area contributed by atoms with E-state index in [1.54, 1.807) is 30.3 Å². The second-order valence-electron chi connectivity index (χ2n) is 6.99. The molecule has 0 saturated carbocycles. The maximum Gasteiger partial charge on any atom is 0.337 e. The molecule has 1 aliphatic heterocycles. The van der Waals surface area contributed by atoms with Crippen LogP contribution in [0.3, 0.4) is 0 Å². The summed E-state index contributed by atoms with van der Waals surface area (Å²) in [6, 6.07) is 14.3. The minimum Gasteiger partial charge on any atom is -0.508 e. The largest absolute Gasteiger partial charge is 0.508 e. The molecule has 9 heteroatoms. The minimum absolute atomic E-state index is 0.0263. The second-order valence-corrected chi connectivity index (χ2v) is 8.02. The van der Waals surface area contributed by atoms with Gasteiger partial charge in [0.25, 0.3) is 5.56 Å². The lowest BCUT2D eigenvalue weighted by Crippen LogP contribution is -2.40. The number of rotatable bonds is 3. The molecule has 0 bridgehead atoms. The van der Waals surface area contributed by atoms with Crippen molar-refractivity contribution in [3.05, 3.63) is 84.8 Å². The summed E-state index contributed by atoms with van der Waals surface area (Å²) >= 11 is 1.05. The van der Waals surface area contributed by atoms with Gasteiger partial charge in [0.05, 0.1) is 34.8 Å². The molecule has 0 unspecified atom stereocenters. The van der Waals surface area contributed by atoms with Crippen LogP contribution >= 0.6 is 11.3 Å². The lowest BCUT2D eigenvalue weighted by molar-refractivity contribution is -0.134. The van der Waals surface area contributed by atoms with Crippen molar-refractivity contribution in [3.63, 3.8) is 0 Å². The van der Waals surface area contributed by atoms with E-state index in [0.29, 0.717) is 15.7 Å². The number of aromatic nitrogens is 1. The Morgan fingerprint density at radius 1 is 1.16 bits per heavy atom. The predicted molar refractivity (Wildman–Crippen MR) is 119 cm³/mol. The SMILES string of the molecule is COC(=O)C1=c2s/c(=C\c3ccc(O)cc3)c(=O)n2C(N)=C(C#N)[C@H]1c1ccc(O)cc1. The number of phenols is 2. The molecule has 3 aromatic rings. The fourth-order valence-electron chi connectivity index (χ4n) is 3.58. The highest BCUT2D eigenvalue weighted by Crippen LogP contribution is 2.37. The van der Waals surface area contributed by atoms with Gasteiger partial charge in [-0.2, -0.15) is 5.26 Å². The summed E-state index contributed by atoms with van der Waals surface area (Å²) in [6.45, 7) is 0. The Balaban J connectivity index is 2.08. The van der Waals surface area contributed by atoms with Crippen LogP contribution in [0.2, 0.25) is 0 Å². The normalized spacial score (nSPS) is 15.9. The minimum atomic E-state index is -0.868. The molecule has 2 aromatic carbocycles. The number of phenolic OH excluding ortho intramolecular Hbond substituents is 2. The fraction of sp³-hybridized carbons (Fsp3) is 0.0870. The lowest BCUT2D eigenvalue weighted by Gasteiger charge is -2.24. The molecule has 0 aliphatic carbocycles. The molecule has 32 heavy (non-hydrogen) atoms. The second kappa shape index (κ2) is 8.09. The zero-order valence-electron chi connectivity index (χ0n) is 16.8. The smallest absolute Gasteiger partial charge is 0.337 e. The Labute approximate surface area is 185 Å². The van der Waals surface area contributed by atoms with Gasteiger partial charge in [-0.3, -0.25) is 9.36 Å². The average Bonchev–Trinajstić information content (AvgIpc) is 3.11. The van der Waals surface area contributed by atoms with Gasteiger partial charge in [-0.1, -0.05) is 24.3 Å². The number of nitrogens with zero attached hydrogens (tertiary/aromatic N) is 2. The summed E-state index contributed by atoms with van der Waals surface area (Å²) in [6.07, 6.45) is 1.61. The number of ether oxygens (including phenoxy) is 1. The number of thiazole rings is 1. The van der Waals surface area contributed by atoms with E-state index in [4.69, 9.17) is 10.5 Å². The topological polar surface area (TPSA) is 139 Å². The van der Waals surface area contributed by atoms with Gasteiger partial charge < -0.3 is 20.7 Å². The monoisotopic (exact) mass is 447 g/mol. The standard InChI is InChI=1S/C23H17N3O5S/c1-31-23(30)19-18(13-4-8-15(28)9-5-13)16(11-24)20(25)26-21(29)17(32-22(19)26)10-12-2-6-14(27)7-3-12/h2-10,18,27-28H,25H2,1H3/b17-10-/t18-/m1/s1. The molecule has 1 aromatic heterocycles. The summed E-state index contributed by atoms with van der Waals surface area (Å²) in [7, 11) is 1.22. The maximum absolute atomic E-state index is 13.2. The van der Waals surface area contributed by atoms with Gasteiger partial charge in [0.15, 0.2) is 0 Å². The molecule has 0 radical (unpaired) electrons. The van der Waals surface area contributed by atoms with E-state index in [-0.39, 0.29) is 33.1 Å². The Morgan fingerprint density at radius 2 is 1.75 bits per heavy atom. The highest BCUT2D eigenvalue weighted by atomic mass is 32.1. The number of aromatic hydroxyl groups is 2. The van der Waals surface area contributed by atoms with Crippen LogP contribution in [0.1, 0.15) is 17.0 Å². The number of carbonyl (C=O) groups is 1. The van der Waals surface area contributed by atoms with Gasteiger partial charge in [0, 0.05) is 0 Å². The first kappa shape index (κ1) is 21.0. The molecule has 0 saturated heterocycles. The highest BCUT2D eigenvalue weighted by molar-refractivity contribution is 7.07. The molecule has 160 valence electrons. The van der Waals surface area contributed by atoms with Crippen LogP contribution in [0.5, 0.6) is 11.5 Å². The number of methoxy groups -OCH3 is 1. The van der Waals surface area contributed by atoms with Gasteiger partial charge in [-0.15, -0.1) is 11.3 Å². The number of fused-ring (bicyclic) bond motifs is 1. The van der Waals surface area contributed by atoms with Crippen LogP contribution < -0.4 is 20.5 Å². The lowest BCUT2D eigenvalue weighted by atomic mass is 9.84. The van der Waals surface area contributed by atoms with E-state index in [9.17, 15) is 25.1 Å². The van der Waals surface area contributed by atoms with Gasteiger partial charge in [-0.05, 0) is 41.5 Å². The number of benzene rings is 2. The van der Waals surface area contributed by atoms with E-state index in [2.05, 4.69) is 0 Å². The summed E-state index contributed by atoms with van der Waals surface area (Å²) in [5.41, 5.74) is 7.12. The van der Waals surface area contributed by atoms with Gasteiger partial charge in [0.1, 0.15) is 22.0 Å². The molecular formula is C23H17N3O5S. The number of nitriles is 1. The van der Waals surface area contributed by atoms with Crippen molar-refractivity contribution < 1.29 is 19.7 Å². The molecule has 0 fully saturated rings. The number of allylic oxidation sites excluding steroid dienone is 1. The Bertz CT molecular complexity index is 1470. The van der Waals surface area contributed by atoms with Crippen molar-refractivity contribution in [2.24, 2.45) is 5.73 Å². The molecule has 8 nitrogen and oxygen atoms in total. The molecule has 4 rings (SSSR count). The molecule has 2 heterocycles. The first-order valence-electron chi connectivity index (χ1n) is 9.40. The number of carbonyl (C=O) groups excluding carboxylic acids is 1. The molecular weight excluding hydrogens is 430 g/mol. The third-order valence-corrected chi connectivity index (χ3v) is 6.20. The number of hydrogen-bond donors (Lipinski definition) is 3. The highest BCUT2D eigenvalue weighted by Gasteiger charge is 2.36. The number of esters is 1. The van der Waals surface area contributed by atoms with E-state index in [0.717, 1.165) is 15.9 Å². The van der Waals surface area contributed by atoms with Gasteiger partial charge in [0.2, 0.25) is 0 Å². The zero-order valence-corrected chi connectivity index (χ0v) is 17.6. The van der Waals surface area contributed by atoms with Gasteiger partial charge >= 0.3 is 5.97 Å². The van der Waals surface area contributed by atoms with Crippen molar-refractivity contribution in [1.82, 2.24) is 4.57 Å². The van der Waals surface area contributed by atoms with Crippen LogP contribution in [0, 0.1) is 11.3 Å². The first-order valence-corrected chi connectivity index (χ1v) is 10.2. The van der Waals surface area contributed by atoms with E-state index in [1.165, 1.54) is 31.4 Å². The predicted octanol–water partition coefficient (Wildman–Crippen LogP) is 0.922. The molecule has 1 atom stereocenters. The van der Waals surface area contributed by atoms with Crippen LogP contribution in [0.15, 0.2) is 58.9 Å². The summed E-state index contributed by atoms with van der Waals surface area (Å²) in [5, 5.41) is 29.0.